The van der Waals surface area contributed by atoms with Crippen LogP contribution in [0.2, 0.25) is 5.02 Å². The Kier molecular flexibility index (Phi) is 5.22. The molecule has 6 heteroatoms. The normalized spacial score (nSPS) is 10.2. The Morgan fingerprint density at radius 1 is 1.16 bits per heavy atom. The smallest absolute Gasteiger partial charge is 0.258 e. The predicted molar refractivity (Wildman–Crippen MR) is 102 cm³/mol. The summed E-state index contributed by atoms with van der Waals surface area (Å²) in [4.78, 5) is 21.4. The second-order valence-corrected chi connectivity index (χ2v) is 6.31. The summed E-state index contributed by atoms with van der Waals surface area (Å²) in [5.74, 6) is 5.95. The van der Waals surface area contributed by atoms with Crippen molar-refractivity contribution in [3.8, 4) is 28.8 Å². The molecule has 2 heterocycles. The number of nitrogens with zero attached hydrogens (tertiary/aromatic N) is 3. The second-order valence-electron chi connectivity index (χ2n) is 5.08. The summed E-state index contributed by atoms with van der Waals surface area (Å²) >= 11 is 7.40. The fraction of sp³-hybridized carbons (Fsp3) is 0.105. The molecule has 3 aromatic rings. The highest BCUT2D eigenvalue weighted by Gasteiger charge is 2.13. The molecule has 0 aliphatic rings. The third kappa shape index (κ3) is 3.60. The molecule has 1 aromatic carbocycles. The molecule has 0 spiro atoms. The monoisotopic (exact) mass is 367 g/mol. The average Bonchev–Trinajstić information content (AvgIpc) is 2.62. The van der Waals surface area contributed by atoms with Crippen molar-refractivity contribution in [2.24, 2.45) is 0 Å². The molecular weight excluding hydrogens is 354 g/mol. The Balaban J connectivity index is 2.14. The van der Waals surface area contributed by atoms with E-state index in [1.54, 1.807) is 37.4 Å². The van der Waals surface area contributed by atoms with Gasteiger partial charge in [-0.15, -0.1) is 17.7 Å². The minimum atomic E-state index is -0.182. The van der Waals surface area contributed by atoms with Gasteiger partial charge in [0.05, 0.1) is 11.4 Å². The van der Waals surface area contributed by atoms with Crippen molar-refractivity contribution >= 4 is 23.4 Å². The van der Waals surface area contributed by atoms with Crippen LogP contribution in [0, 0.1) is 11.8 Å². The number of thioether (sulfide) groups is 1. The highest BCUT2D eigenvalue weighted by molar-refractivity contribution is 7.98. The summed E-state index contributed by atoms with van der Waals surface area (Å²) in [7, 11) is 0. The van der Waals surface area contributed by atoms with Crippen molar-refractivity contribution in [3.63, 3.8) is 0 Å². The van der Waals surface area contributed by atoms with E-state index in [0.717, 1.165) is 16.2 Å². The number of aromatic nitrogens is 3. The summed E-state index contributed by atoms with van der Waals surface area (Å²) in [5, 5.41) is 1.40. The maximum Gasteiger partial charge on any atom is 0.258 e. The number of benzene rings is 1. The van der Waals surface area contributed by atoms with Gasteiger partial charge in [-0.2, -0.15) is 0 Å². The van der Waals surface area contributed by atoms with E-state index in [2.05, 4.69) is 21.8 Å². The van der Waals surface area contributed by atoms with Crippen molar-refractivity contribution < 1.29 is 0 Å². The predicted octanol–water partition coefficient (Wildman–Crippen LogP) is 4.04. The van der Waals surface area contributed by atoms with Gasteiger partial charge in [-0.25, -0.2) is 9.97 Å². The molecule has 0 saturated heterocycles. The van der Waals surface area contributed by atoms with E-state index in [9.17, 15) is 4.79 Å². The minimum Gasteiger partial charge on any atom is -0.269 e. The average molecular weight is 368 g/mol. The molecule has 3 rings (SSSR count). The number of rotatable bonds is 3. The van der Waals surface area contributed by atoms with Gasteiger partial charge >= 0.3 is 0 Å². The fourth-order valence-electron chi connectivity index (χ4n) is 2.42. The number of hydrogen-bond donors (Lipinski definition) is 0. The van der Waals surface area contributed by atoms with Gasteiger partial charge in [0.25, 0.3) is 5.56 Å². The summed E-state index contributed by atoms with van der Waals surface area (Å²) in [6.07, 6.45) is 5.16. The third-order valence-corrected chi connectivity index (χ3v) is 4.49. The molecule has 0 N–H and O–H groups in total. The molecule has 0 fully saturated rings. The largest absolute Gasteiger partial charge is 0.269 e. The van der Waals surface area contributed by atoms with E-state index >= 15 is 0 Å². The van der Waals surface area contributed by atoms with Crippen LogP contribution in [0.3, 0.4) is 0 Å². The molecule has 0 atom stereocenters. The molecule has 0 bridgehead atoms. The second kappa shape index (κ2) is 7.56. The lowest BCUT2D eigenvalue weighted by Gasteiger charge is -2.10. The van der Waals surface area contributed by atoms with Crippen LogP contribution in [0.5, 0.6) is 0 Å². The first-order valence-electron chi connectivity index (χ1n) is 7.45. The zero-order chi connectivity index (χ0) is 17.8. The topological polar surface area (TPSA) is 47.8 Å². The summed E-state index contributed by atoms with van der Waals surface area (Å²) in [5.41, 5.74) is 2.67. The van der Waals surface area contributed by atoms with Gasteiger partial charge in [0.2, 0.25) is 0 Å². The van der Waals surface area contributed by atoms with Crippen molar-refractivity contribution in [2.45, 2.75) is 11.9 Å². The summed E-state index contributed by atoms with van der Waals surface area (Å²) in [6.45, 7) is 1.77. The Labute approximate surface area is 154 Å². The maximum atomic E-state index is 12.6. The highest BCUT2D eigenvalue weighted by atomic mass is 35.5. The minimum absolute atomic E-state index is 0.182. The SMILES string of the molecule is CC#Cc1ccnc(SC)c1-c1cc(=O)n(-c2ccc(Cl)cc2)cn1. The Bertz CT molecular complexity index is 1030. The first-order chi connectivity index (χ1) is 12.1. The number of pyridine rings is 1. The van der Waals surface area contributed by atoms with Gasteiger partial charge < -0.3 is 0 Å². The Morgan fingerprint density at radius 2 is 1.92 bits per heavy atom. The van der Waals surface area contributed by atoms with Gasteiger partial charge in [-0.3, -0.25) is 9.36 Å². The van der Waals surface area contributed by atoms with E-state index in [1.165, 1.54) is 28.7 Å². The van der Waals surface area contributed by atoms with Gasteiger partial charge in [0, 0.05) is 28.4 Å². The van der Waals surface area contributed by atoms with E-state index < -0.39 is 0 Å². The molecule has 0 saturated carbocycles. The zero-order valence-electron chi connectivity index (χ0n) is 13.7. The molecule has 0 aliphatic carbocycles. The molecule has 0 aliphatic heterocycles. The van der Waals surface area contributed by atoms with Crippen LogP contribution in [0.1, 0.15) is 12.5 Å². The lowest BCUT2D eigenvalue weighted by molar-refractivity contribution is 0.936. The van der Waals surface area contributed by atoms with Gasteiger partial charge in [0.1, 0.15) is 11.4 Å². The third-order valence-electron chi connectivity index (χ3n) is 3.54. The molecule has 0 amide bonds. The van der Waals surface area contributed by atoms with Crippen molar-refractivity contribution in [1.82, 2.24) is 14.5 Å². The molecule has 0 radical (unpaired) electrons. The van der Waals surface area contributed by atoms with E-state index in [4.69, 9.17) is 11.6 Å². The van der Waals surface area contributed by atoms with Crippen LogP contribution in [0.15, 0.2) is 58.7 Å². The van der Waals surface area contributed by atoms with Crippen molar-refractivity contribution in [3.05, 3.63) is 69.9 Å². The van der Waals surface area contributed by atoms with Gasteiger partial charge in [-0.1, -0.05) is 17.5 Å². The first kappa shape index (κ1) is 17.3. The molecule has 4 nitrogen and oxygen atoms in total. The maximum absolute atomic E-state index is 12.6. The standard InChI is InChI=1S/C19H14ClN3OS/c1-3-4-13-9-10-21-19(25-2)18(13)16-11-17(24)23(12-22-16)15-7-5-14(20)6-8-15/h5-12H,1-2H3. The molecular formula is C19H14ClN3OS. The van der Waals surface area contributed by atoms with Crippen molar-refractivity contribution in [2.75, 3.05) is 6.26 Å². The van der Waals surface area contributed by atoms with Crippen LogP contribution in [0.4, 0.5) is 0 Å². The highest BCUT2D eigenvalue weighted by Crippen LogP contribution is 2.29. The van der Waals surface area contributed by atoms with Gasteiger partial charge in [-0.05, 0) is 43.5 Å². The van der Waals surface area contributed by atoms with Crippen LogP contribution < -0.4 is 5.56 Å². The van der Waals surface area contributed by atoms with E-state index in [0.29, 0.717) is 16.4 Å². The van der Waals surface area contributed by atoms with Crippen LogP contribution in [-0.4, -0.2) is 20.8 Å². The van der Waals surface area contributed by atoms with E-state index in [1.807, 2.05) is 12.3 Å². The number of halogens is 1. The van der Waals surface area contributed by atoms with Crippen molar-refractivity contribution in [1.29, 1.82) is 0 Å². The van der Waals surface area contributed by atoms with Crippen LogP contribution in [0.25, 0.3) is 16.9 Å². The Morgan fingerprint density at radius 3 is 2.56 bits per heavy atom. The summed E-state index contributed by atoms with van der Waals surface area (Å²) < 4.78 is 1.47. The van der Waals surface area contributed by atoms with Gasteiger partial charge in [0.15, 0.2) is 0 Å². The number of hydrogen-bond acceptors (Lipinski definition) is 4. The lowest BCUT2D eigenvalue weighted by atomic mass is 10.1. The van der Waals surface area contributed by atoms with Crippen LogP contribution >= 0.6 is 23.4 Å². The van der Waals surface area contributed by atoms with E-state index in [-0.39, 0.29) is 5.56 Å². The zero-order valence-corrected chi connectivity index (χ0v) is 15.2. The van der Waals surface area contributed by atoms with Crippen LogP contribution in [-0.2, 0) is 0 Å². The quantitative estimate of drug-likeness (QED) is 0.517. The first-order valence-corrected chi connectivity index (χ1v) is 9.05. The fourth-order valence-corrected chi connectivity index (χ4v) is 3.13. The molecule has 124 valence electrons. The summed E-state index contributed by atoms with van der Waals surface area (Å²) in [6, 6.07) is 10.4. The Hall–Kier alpha value is -2.55. The molecule has 2 aromatic heterocycles. The molecule has 25 heavy (non-hydrogen) atoms. The lowest BCUT2D eigenvalue weighted by Crippen LogP contribution is -2.18. The molecule has 0 unspecified atom stereocenters.